The van der Waals surface area contributed by atoms with E-state index in [1.807, 2.05) is 30.3 Å². The lowest BCUT2D eigenvalue weighted by molar-refractivity contribution is -0.385. The summed E-state index contributed by atoms with van der Waals surface area (Å²) in [4.78, 5) is 12.3. The maximum absolute atomic E-state index is 11.2. The molecule has 26 heavy (non-hydrogen) atoms. The van der Waals surface area contributed by atoms with Gasteiger partial charge in [0.15, 0.2) is 6.23 Å². The molecule has 138 valence electrons. The lowest BCUT2D eigenvalue weighted by Gasteiger charge is -2.35. The molecule has 4 N–H and O–H groups in total. The predicted molar refractivity (Wildman–Crippen MR) is 95.0 cm³/mol. The summed E-state index contributed by atoms with van der Waals surface area (Å²) in [5, 5.41) is 43.3. The molecule has 1 heterocycles. The molecule has 0 radical (unpaired) electrons. The minimum absolute atomic E-state index is 0.112. The van der Waals surface area contributed by atoms with Gasteiger partial charge in [-0.3, -0.25) is 10.1 Å². The van der Waals surface area contributed by atoms with Gasteiger partial charge >= 0.3 is 0 Å². The van der Waals surface area contributed by atoms with Crippen LogP contribution in [0.2, 0.25) is 0 Å². The number of aliphatic hydroxyl groups is 3. The first-order valence-electron chi connectivity index (χ1n) is 7.89. The van der Waals surface area contributed by atoms with E-state index in [2.05, 4.69) is 5.32 Å². The van der Waals surface area contributed by atoms with E-state index in [0.717, 1.165) is 4.90 Å². The molecule has 0 unspecified atom stereocenters. The van der Waals surface area contributed by atoms with Gasteiger partial charge in [0.2, 0.25) is 0 Å². The zero-order valence-corrected chi connectivity index (χ0v) is 14.4. The quantitative estimate of drug-likeness (QED) is 0.457. The van der Waals surface area contributed by atoms with Gasteiger partial charge in [-0.15, -0.1) is 0 Å². The number of rotatable bonds is 5. The zero-order valence-electron chi connectivity index (χ0n) is 13.6. The van der Waals surface area contributed by atoms with Crippen molar-refractivity contribution in [3.8, 4) is 0 Å². The van der Waals surface area contributed by atoms with Gasteiger partial charge in [-0.1, -0.05) is 30.0 Å². The smallest absolute Gasteiger partial charge is 0.272 e. The molecule has 1 saturated heterocycles. The van der Waals surface area contributed by atoms with Crippen molar-refractivity contribution in [1.29, 1.82) is 0 Å². The van der Waals surface area contributed by atoms with Gasteiger partial charge in [-0.2, -0.15) is 0 Å². The number of nitrogens with one attached hydrogen (secondary N) is 1. The first-order chi connectivity index (χ1) is 12.4. The molecule has 0 amide bonds. The Morgan fingerprint density at radius 1 is 1.08 bits per heavy atom. The molecule has 0 spiro atoms. The van der Waals surface area contributed by atoms with E-state index in [4.69, 9.17) is 4.74 Å². The molecule has 0 bridgehead atoms. The molecule has 0 aromatic heterocycles. The van der Waals surface area contributed by atoms with E-state index in [-0.39, 0.29) is 12.3 Å². The summed E-state index contributed by atoms with van der Waals surface area (Å²) < 4.78 is 5.29. The highest BCUT2D eigenvalue weighted by Gasteiger charge is 2.37. The fourth-order valence-electron chi connectivity index (χ4n) is 2.55. The molecule has 4 atom stereocenters. The number of hydrogen-bond donors (Lipinski definition) is 4. The molecular formula is C17H18N2O6S. The van der Waals surface area contributed by atoms with Crippen molar-refractivity contribution in [2.75, 3.05) is 11.9 Å². The monoisotopic (exact) mass is 378 g/mol. The minimum atomic E-state index is -1.37. The Morgan fingerprint density at radius 3 is 2.50 bits per heavy atom. The number of hydrogen-bond acceptors (Lipinski definition) is 8. The third kappa shape index (κ3) is 4.32. The molecule has 0 saturated carbocycles. The van der Waals surface area contributed by atoms with Crippen LogP contribution in [0, 0.1) is 10.1 Å². The first-order valence-corrected chi connectivity index (χ1v) is 8.70. The molecule has 2 aromatic rings. The average molecular weight is 378 g/mol. The first kappa shape index (κ1) is 18.6. The summed E-state index contributed by atoms with van der Waals surface area (Å²) in [6, 6.07) is 13.9. The normalized spacial score (nSPS) is 25.7. The summed E-state index contributed by atoms with van der Waals surface area (Å²) in [5.74, 6) is 0. The standard InChI is InChI=1S/C17H18N2O6S/c20-14-9-25-17(16(22)15(14)21)18-10-6-11(19(23)24)8-13(7-10)26-12-4-2-1-3-5-12/h1-8,14-18,20-22H,9H2/t14-,15-,16+,17+/m0/s1. The second kappa shape index (κ2) is 8.02. The largest absolute Gasteiger partial charge is 0.388 e. The highest BCUT2D eigenvalue weighted by molar-refractivity contribution is 7.99. The summed E-state index contributed by atoms with van der Waals surface area (Å²) in [6.45, 7) is -0.156. The predicted octanol–water partition coefficient (Wildman–Crippen LogP) is 1.60. The van der Waals surface area contributed by atoms with Gasteiger partial charge in [0.05, 0.1) is 11.5 Å². The van der Waals surface area contributed by atoms with Crippen LogP contribution in [0.15, 0.2) is 58.3 Å². The van der Waals surface area contributed by atoms with Crippen LogP contribution in [-0.2, 0) is 4.74 Å². The average Bonchev–Trinajstić information content (AvgIpc) is 2.63. The SMILES string of the molecule is O=[N+]([O-])c1cc(N[C@@H]2OC[C@H](O)[C@H](O)[C@H]2O)cc(Sc2ccccc2)c1. The molecule has 2 aromatic carbocycles. The van der Waals surface area contributed by atoms with Crippen LogP contribution in [0.5, 0.6) is 0 Å². The van der Waals surface area contributed by atoms with Crippen molar-refractivity contribution in [3.05, 3.63) is 58.6 Å². The molecule has 1 aliphatic heterocycles. The number of nitro benzene ring substituents is 1. The van der Waals surface area contributed by atoms with Crippen LogP contribution in [0.1, 0.15) is 0 Å². The van der Waals surface area contributed by atoms with E-state index in [9.17, 15) is 25.4 Å². The summed E-state index contributed by atoms with van der Waals surface area (Å²) in [7, 11) is 0. The van der Waals surface area contributed by atoms with Crippen molar-refractivity contribution in [2.24, 2.45) is 0 Å². The number of benzene rings is 2. The fourth-order valence-corrected chi connectivity index (χ4v) is 3.48. The Balaban J connectivity index is 1.83. The van der Waals surface area contributed by atoms with Crippen molar-refractivity contribution in [2.45, 2.75) is 34.3 Å². The molecule has 1 fully saturated rings. The summed E-state index contributed by atoms with van der Waals surface area (Å²) in [5.41, 5.74) is 0.254. The lowest BCUT2D eigenvalue weighted by Crippen LogP contribution is -2.55. The molecule has 9 heteroatoms. The maximum atomic E-state index is 11.2. The van der Waals surface area contributed by atoms with E-state index >= 15 is 0 Å². The van der Waals surface area contributed by atoms with Crippen molar-refractivity contribution in [1.82, 2.24) is 0 Å². The fraction of sp³-hybridized carbons (Fsp3) is 0.294. The Hall–Kier alpha value is -2.17. The Morgan fingerprint density at radius 2 is 1.81 bits per heavy atom. The van der Waals surface area contributed by atoms with E-state index in [1.54, 1.807) is 6.07 Å². The van der Waals surface area contributed by atoms with E-state index in [0.29, 0.717) is 10.6 Å². The van der Waals surface area contributed by atoms with Crippen LogP contribution < -0.4 is 5.32 Å². The highest BCUT2D eigenvalue weighted by atomic mass is 32.2. The molecule has 3 rings (SSSR count). The second-order valence-corrected chi connectivity index (χ2v) is 6.98. The van der Waals surface area contributed by atoms with Crippen molar-refractivity contribution < 1.29 is 25.0 Å². The van der Waals surface area contributed by atoms with Crippen LogP contribution in [-0.4, -0.2) is 51.4 Å². The topological polar surface area (TPSA) is 125 Å². The van der Waals surface area contributed by atoms with Gasteiger partial charge in [0.1, 0.15) is 18.3 Å². The number of aliphatic hydroxyl groups excluding tert-OH is 3. The molecule has 1 aliphatic rings. The summed E-state index contributed by atoms with van der Waals surface area (Å²) in [6.07, 6.45) is -4.91. The Kier molecular flexibility index (Phi) is 5.74. The summed E-state index contributed by atoms with van der Waals surface area (Å²) >= 11 is 1.36. The van der Waals surface area contributed by atoms with Crippen LogP contribution in [0.4, 0.5) is 11.4 Å². The highest BCUT2D eigenvalue weighted by Crippen LogP contribution is 2.33. The van der Waals surface area contributed by atoms with Gasteiger partial charge in [-0.05, 0) is 18.2 Å². The maximum Gasteiger partial charge on any atom is 0.272 e. The number of ether oxygens (including phenoxy) is 1. The van der Waals surface area contributed by atoms with Gasteiger partial charge in [0.25, 0.3) is 5.69 Å². The third-order valence-corrected chi connectivity index (χ3v) is 4.87. The number of anilines is 1. The Labute approximate surface area is 153 Å². The molecule has 8 nitrogen and oxygen atoms in total. The van der Waals surface area contributed by atoms with E-state index < -0.39 is 29.5 Å². The van der Waals surface area contributed by atoms with E-state index in [1.165, 1.54) is 23.9 Å². The second-order valence-electron chi connectivity index (χ2n) is 5.83. The number of non-ortho nitro benzene ring substituents is 1. The zero-order chi connectivity index (χ0) is 18.7. The molecular weight excluding hydrogens is 360 g/mol. The van der Waals surface area contributed by atoms with Crippen LogP contribution in [0.25, 0.3) is 0 Å². The molecule has 0 aliphatic carbocycles. The van der Waals surface area contributed by atoms with Gasteiger partial charge in [0, 0.05) is 27.6 Å². The van der Waals surface area contributed by atoms with Crippen LogP contribution >= 0.6 is 11.8 Å². The van der Waals surface area contributed by atoms with Crippen molar-refractivity contribution >= 4 is 23.1 Å². The minimum Gasteiger partial charge on any atom is -0.388 e. The third-order valence-electron chi connectivity index (χ3n) is 3.89. The van der Waals surface area contributed by atoms with Crippen LogP contribution in [0.3, 0.4) is 0 Å². The van der Waals surface area contributed by atoms with Gasteiger partial charge in [-0.25, -0.2) is 0 Å². The van der Waals surface area contributed by atoms with Crippen molar-refractivity contribution in [3.63, 3.8) is 0 Å². The number of nitro groups is 1. The lowest BCUT2D eigenvalue weighted by atomic mass is 10.0. The van der Waals surface area contributed by atoms with Gasteiger partial charge < -0.3 is 25.4 Å². The Bertz CT molecular complexity index is 775. The number of nitrogens with zero attached hydrogens (tertiary/aromatic N) is 1.